The van der Waals surface area contributed by atoms with E-state index in [2.05, 4.69) is 10.6 Å². The summed E-state index contributed by atoms with van der Waals surface area (Å²) in [5.74, 6) is 0.0980. The van der Waals surface area contributed by atoms with Gasteiger partial charge in [0.2, 0.25) is 5.91 Å². The van der Waals surface area contributed by atoms with Crippen LogP contribution in [0.1, 0.15) is 36.2 Å². The molecule has 0 saturated heterocycles. The van der Waals surface area contributed by atoms with Crippen LogP contribution in [0.2, 0.25) is 0 Å². The molecule has 0 aromatic heterocycles. The van der Waals surface area contributed by atoms with Crippen molar-refractivity contribution >= 4 is 11.8 Å². The first-order valence-electron chi connectivity index (χ1n) is 7.39. The van der Waals surface area contributed by atoms with Crippen molar-refractivity contribution in [1.82, 2.24) is 10.6 Å². The number of fused-ring (bicyclic) bond motifs is 1. The first kappa shape index (κ1) is 16.8. The molecule has 7 nitrogen and oxygen atoms in total. The summed E-state index contributed by atoms with van der Waals surface area (Å²) in [6.07, 6.45) is 0.486. The molecule has 2 rings (SSSR count). The van der Waals surface area contributed by atoms with Crippen LogP contribution in [-0.4, -0.2) is 24.4 Å². The van der Waals surface area contributed by atoms with Gasteiger partial charge in [0.25, 0.3) is 5.91 Å². The van der Waals surface area contributed by atoms with Gasteiger partial charge in [0.1, 0.15) is 19.2 Å². The highest BCUT2D eigenvalue weighted by molar-refractivity contribution is 5.97. The molecule has 1 unspecified atom stereocenters. The Hall–Kier alpha value is -2.59. The molecule has 23 heavy (non-hydrogen) atoms. The van der Waals surface area contributed by atoms with Gasteiger partial charge in [0, 0.05) is 11.1 Å². The summed E-state index contributed by atoms with van der Waals surface area (Å²) in [6, 6.07) is 6.11. The molecule has 0 spiro atoms. The molecule has 1 aliphatic heterocycles. The Morgan fingerprint density at radius 1 is 1.39 bits per heavy atom. The van der Waals surface area contributed by atoms with E-state index in [1.807, 2.05) is 19.9 Å². The van der Waals surface area contributed by atoms with Gasteiger partial charge in [-0.05, 0) is 30.5 Å². The van der Waals surface area contributed by atoms with Crippen molar-refractivity contribution in [2.24, 2.45) is 5.92 Å². The second-order valence-electron chi connectivity index (χ2n) is 5.70. The van der Waals surface area contributed by atoms with Gasteiger partial charge in [-0.2, -0.15) is 10.1 Å². The van der Waals surface area contributed by atoms with Gasteiger partial charge in [-0.25, -0.2) is 0 Å². The van der Waals surface area contributed by atoms with E-state index in [1.54, 1.807) is 18.2 Å². The smallest absolute Gasteiger partial charge is 0.251 e. The Labute approximate surface area is 134 Å². The third-order valence-corrected chi connectivity index (χ3v) is 3.36. The summed E-state index contributed by atoms with van der Waals surface area (Å²) in [5, 5.41) is 13.8. The molecule has 1 aliphatic rings. The quantitative estimate of drug-likeness (QED) is 0.608. The van der Waals surface area contributed by atoms with Gasteiger partial charge < -0.3 is 15.5 Å². The van der Waals surface area contributed by atoms with Crippen molar-refractivity contribution in [1.29, 1.82) is 5.26 Å². The van der Waals surface area contributed by atoms with Gasteiger partial charge in [-0.15, -0.1) is 0 Å². The van der Waals surface area contributed by atoms with Crippen LogP contribution in [0, 0.1) is 17.2 Å². The van der Waals surface area contributed by atoms with Crippen molar-refractivity contribution in [3.8, 4) is 11.8 Å². The van der Waals surface area contributed by atoms with Gasteiger partial charge in [-0.1, -0.05) is 13.8 Å². The molecule has 0 fully saturated rings. The molecular weight excluding hydrogens is 298 g/mol. The third-order valence-electron chi connectivity index (χ3n) is 3.36. The number of hydrogen-bond donors (Lipinski definition) is 2. The number of nitriles is 1. The summed E-state index contributed by atoms with van der Waals surface area (Å²) in [4.78, 5) is 34.2. The van der Waals surface area contributed by atoms with Crippen molar-refractivity contribution in [3.63, 3.8) is 0 Å². The van der Waals surface area contributed by atoms with Crippen molar-refractivity contribution in [2.45, 2.75) is 32.9 Å². The van der Waals surface area contributed by atoms with E-state index in [0.717, 1.165) is 5.56 Å². The van der Waals surface area contributed by atoms with E-state index in [4.69, 9.17) is 15.0 Å². The standard InChI is InChI=1S/C16H19N3O4/c1-10(2)7-13(16(21)18-6-5-17)19-15(20)11-3-4-14-12(8-11)9-22-23-14/h3-4,8,10,13H,6-7,9H2,1-2H3,(H,18,21)(H,19,20). The Morgan fingerprint density at radius 3 is 2.87 bits per heavy atom. The molecular formula is C16H19N3O4. The molecule has 2 N–H and O–H groups in total. The fourth-order valence-corrected chi connectivity index (χ4v) is 2.27. The van der Waals surface area contributed by atoms with Crippen LogP contribution in [0.25, 0.3) is 0 Å². The van der Waals surface area contributed by atoms with Gasteiger partial charge in [0.15, 0.2) is 5.75 Å². The second-order valence-corrected chi connectivity index (χ2v) is 5.70. The molecule has 7 heteroatoms. The van der Waals surface area contributed by atoms with Crippen molar-refractivity contribution in [3.05, 3.63) is 29.3 Å². The Kier molecular flexibility index (Phi) is 5.55. The van der Waals surface area contributed by atoms with E-state index < -0.39 is 6.04 Å². The van der Waals surface area contributed by atoms with E-state index in [1.165, 1.54) is 0 Å². The summed E-state index contributed by atoms with van der Waals surface area (Å²) in [6.45, 7) is 4.12. The van der Waals surface area contributed by atoms with Crippen molar-refractivity contribution < 1.29 is 19.4 Å². The Bertz CT molecular complexity index is 637. The Morgan fingerprint density at radius 2 is 2.17 bits per heavy atom. The maximum absolute atomic E-state index is 12.4. The van der Waals surface area contributed by atoms with Crippen molar-refractivity contribution in [2.75, 3.05) is 6.54 Å². The zero-order valence-corrected chi connectivity index (χ0v) is 13.1. The lowest BCUT2D eigenvalue weighted by molar-refractivity contribution is -0.194. The molecule has 1 heterocycles. The predicted molar refractivity (Wildman–Crippen MR) is 81.2 cm³/mol. The molecule has 122 valence electrons. The average Bonchev–Trinajstić information content (AvgIpc) is 2.98. The van der Waals surface area contributed by atoms with Crippen LogP contribution in [0.3, 0.4) is 0 Å². The number of hydrogen-bond acceptors (Lipinski definition) is 5. The fourth-order valence-electron chi connectivity index (χ4n) is 2.27. The van der Waals surface area contributed by atoms with Crippen LogP contribution >= 0.6 is 0 Å². The van der Waals surface area contributed by atoms with Crippen LogP contribution < -0.4 is 15.5 Å². The second kappa shape index (κ2) is 7.61. The minimum absolute atomic E-state index is 0.0865. The number of benzene rings is 1. The molecule has 1 aromatic carbocycles. The van der Waals surface area contributed by atoms with E-state index in [0.29, 0.717) is 17.7 Å². The van der Waals surface area contributed by atoms with Gasteiger partial charge in [0.05, 0.1) is 6.07 Å². The minimum atomic E-state index is -0.684. The fraction of sp³-hybridized carbons (Fsp3) is 0.438. The van der Waals surface area contributed by atoms with E-state index >= 15 is 0 Å². The lowest BCUT2D eigenvalue weighted by Gasteiger charge is -2.19. The van der Waals surface area contributed by atoms with Crippen LogP contribution in [0.4, 0.5) is 0 Å². The first-order valence-corrected chi connectivity index (χ1v) is 7.39. The molecule has 0 radical (unpaired) electrons. The highest BCUT2D eigenvalue weighted by Gasteiger charge is 2.23. The minimum Gasteiger partial charge on any atom is -0.341 e. The van der Waals surface area contributed by atoms with Crippen LogP contribution in [0.15, 0.2) is 18.2 Å². The summed E-state index contributed by atoms with van der Waals surface area (Å²) in [5.41, 5.74) is 1.21. The normalized spacial score (nSPS) is 13.7. The van der Waals surface area contributed by atoms with E-state index in [9.17, 15) is 9.59 Å². The topological polar surface area (TPSA) is 100 Å². The SMILES string of the molecule is CC(C)CC(NC(=O)c1ccc2c(c1)COO2)C(=O)NCC#N. The molecule has 1 aromatic rings. The first-order chi connectivity index (χ1) is 11.0. The summed E-state index contributed by atoms with van der Waals surface area (Å²) in [7, 11) is 0. The summed E-state index contributed by atoms with van der Waals surface area (Å²) < 4.78 is 0. The number of nitrogens with one attached hydrogen (secondary N) is 2. The molecule has 0 saturated carbocycles. The number of nitrogens with zero attached hydrogens (tertiary/aromatic N) is 1. The zero-order valence-electron chi connectivity index (χ0n) is 13.1. The number of carbonyl (C=O) groups excluding carboxylic acids is 2. The largest absolute Gasteiger partial charge is 0.341 e. The number of carbonyl (C=O) groups is 2. The van der Waals surface area contributed by atoms with Crippen LogP contribution in [-0.2, 0) is 16.3 Å². The lowest BCUT2D eigenvalue weighted by Crippen LogP contribution is -2.47. The molecule has 0 bridgehead atoms. The molecule has 1 atom stereocenters. The predicted octanol–water partition coefficient (Wildman–Crippen LogP) is 1.29. The van der Waals surface area contributed by atoms with Crippen LogP contribution in [0.5, 0.6) is 5.75 Å². The third kappa shape index (κ3) is 4.44. The average molecular weight is 317 g/mol. The monoisotopic (exact) mass is 317 g/mol. The van der Waals surface area contributed by atoms with Gasteiger partial charge in [-0.3, -0.25) is 9.59 Å². The highest BCUT2D eigenvalue weighted by atomic mass is 17.2. The highest BCUT2D eigenvalue weighted by Crippen LogP contribution is 2.26. The summed E-state index contributed by atoms with van der Waals surface area (Å²) >= 11 is 0. The Balaban J connectivity index is 2.07. The van der Waals surface area contributed by atoms with Gasteiger partial charge >= 0.3 is 0 Å². The number of rotatable bonds is 6. The maximum atomic E-state index is 12.4. The molecule has 0 aliphatic carbocycles. The maximum Gasteiger partial charge on any atom is 0.251 e. The molecule has 2 amide bonds. The zero-order chi connectivity index (χ0) is 16.8. The lowest BCUT2D eigenvalue weighted by atomic mass is 10.0. The number of amides is 2. The van der Waals surface area contributed by atoms with E-state index in [-0.39, 0.29) is 30.9 Å².